The molecule has 0 aromatic rings. The van der Waals surface area contributed by atoms with E-state index in [2.05, 4.69) is 0 Å². The van der Waals surface area contributed by atoms with Gasteiger partial charge in [-0.2, -0.15) is 0 Å². The summed E-state index contributed by atoms with van der Waals surface area (Å²) in [5.74, 6) is 1.20. The zero-order valence-corrected chi connectivity index (χ0v) is 7.73. The van der Waals surface area contributed by atoms with E-state index in [0.29, 0.717) is 24.2 Å². The second-order valence-corrected chi connectivity index (χ2v) is 5.49. The fourth-order valence-corrected chi connectivity index (χ4v) is 2.51. The first-order chi connectivity index (χ1) is 5.03. The van der Waals surface area contributed by atoms with Crippen LogP contribution in [-0.2, 0) is 14.6 Å². The quantitative estimate of drug-likeness (QED) is 0.622. The molecule has 1 rings (SSSR count). The van der Waals surface area contributed by atoms with Crippen molar-refractivity contribution in [2.45, 2.75) is 6.42 Å². The minimum Gasteiger partial charge on any atom is -0.384 e. The molecule has 11 heavy (non-hydrogen) atoms. The number of hydrogen-bond acceptors (Lipinski definition) is 3. The third kappa shape index (κ3) is 3.20. The molecule has 0 aromatic heterocycles. The molecule has 0 saturated heterocycles. The van der Waals surface area contributed by atoms with Crippen LogP contribution in [0.3, 0.4) is 0 Å². The summed E-state index contributed by atoms with van der Waals surface area (Å²) in [6, 6.07) is 0. The molecule has 3 nitrogen and oxygen atoms in total. The molecule has 0 N–H and O–H groups in total. The molecule has 2 unspecified atom stereocenters. The maximum Gasteiger partial charge on any atom is 0.147 e. The van der Waals surface area contributed by atoms with Crippen molar-refractivity contribution in [1.29, 1.82) is 0 Å². The molecule has 4 heteroatoms. The van der Waals surface area contributed by atoms with Crippen LogP contribution in [-0.4, -0.2) is 34.1 Å². The van der Waals surface area contributed by atoms with Gasteiger partial charge in [-0.1, -0.05) is 0 Å². The standard InChI is InChI=1S/C7H14O3S/c1-10-4-6-3-7(6)5-11(2,8)9/h6-7H,3-5H2,1-2H3. The molecule has 1 aliphatic rings. The van der Waals surface area contributed by atoms with Crippen LogP contribution in [0.1, 0.15) is 6.42 Å². The first-order valence-corrected chi connectivity index (χ1v) is 5.75. The van der Waals surface area contributed by atoms with Gasteiger partial charge in [0.25, 0.3) is 0 Å². The maximum absolute atomic E-state index is 10.8. The highest BCUT2D eigenvalue weighted by molar-refractivity contribution is 7.90. The molecule has 0 amide bonds. The molecular weight excluding hydrogens is 164 g/mol. The number of ether oxygens (including phenoxy) is 1. The molecule has 2 atom stereocenters. The number of sulfone groups is 1. The van der Waals surface area contributed by atoms with E-state index >= 15 is 0 Å². The zero-order valence-electron chi connectivity index (χ0n) is 6.91. The highest BCUT2D eigenvalue weighted by atomic mass is 32.2. The van der Waals surface area contributed by atoms with Crippen LogP contribution < -0.4 is 0 Å². The van der Waals surface area contributed by atoms with Crippen molar-refractivity contribution in [3.63, 3.8) is 0 Å². The summed E-state index contributed by atoms with van der Waals surface area (Å²) in [4.78, 5) is 0. The third-order valence-corrected chi connectivity index (χ3v) is 3.00. The summed E-state index contributed by atoms with van der Waals surface area (Å²) in [6.45, 7) is 0.709. The Morgan fingerprint density at radius 3 is 2.55 bits per heavy atom. The van der Waals surface area contributed by atoms with Gasteiger partial charge in [-0.25, -0.2) is 8.42 Å². The molecule has 0 aromatic carbocycles. The topological polar surface area (TPSA) is 43.4 Å². The summed E-state index contributed by atoms with van der Waals surface area (Å²) in [7, 11) is -1.12. The zero-order chi connectivity index (χ0) is 8.48. The van der Waals surface area contributed by atoms with Crippen molar-refractivity contribution in [3.05, 3.63) is 0 Å². The van der Waals surface area contributed by atoms with Crippen molar-refractivity contribution in [3.8, 4) is 0 Å². The Kier molecular flexibility index (Phi) is 2.54. The Bertz CT molecular complexity index is 220. The SMILES string of the molecule is COCC1CC1CS(C)(=O)=O. The van der Waals surface area contributed by atoms with Crippen LogP contribution in [0, 0.1) is 11.8 Å². The van der Waals surface area contributed by atoms with Crippen LogP contribution in [0.5, 0.6) is 0 Å². The Hall–Kier alpha value is -0.0900. The predicted octanol–water partition coefficient (Wildman–Crippen LogP) is 0.314. The van der Waals surface area contributed by atoms with Crippen molar-refractivity contribution in [2.24, 2.45) is 11.8 Å². The van der Waals surface area contributed by atoms with Crippen molar-refractivity contribution >= 4 is 9.84 Å². The highest BCUT2D eigenvalue weighted by Crippen LogP contribution is 2.39. The fraction of sp³-hybridized carbons (Fsp3) is 1.00. The largest absolute Gasteiger partial charge is 0.384 e. The Morgan fingerprint density at radius 1 is 1.45 bits per heavy atom. The van der Waals surface area contributed by atoms with Crippen LogP contribution in [0.2, 0.25) is 0 Å². The molecule has 0 spiro atoms. The van der Waals surface area contributed by atoms with Gasteiger partial charge >= 0.3 is 0 Å². The van der Waals surface area contributed by atoms with Crippen LogP contribution in [0.4, 0.5) is 0 Å². The van der Waals surface area contributed by atoms with Gasteiger partial charge in [0.05, 0.1) is 5.75 Å². The summed E-state index contributed by atoms with van der Waals surface area (Å²) >= 11 is 0. The second-order valence-electron chi connectivity index (χ2n) is 3.30. The molecule has 0 bridgehead atoms. The normalized spacial score (nSPS) is 30.4. The number of hydrogen-bond donors (Lipinski definition) is 0. The van der Waals surface area contributed by atoms with Crippen molar-refractivity contribution < 1.29 is 13.2 Å². The van der Waals surface area contributed by atoms with Crippen molar-refractivity contribution in [1.82, 2.24) is 0 Å². The summed E-state index contributed by atoms with van der Waals surface area (Å²) < 4.78 is 26.5. The smallest absolute Gasteiger partial charge is 0.147 e. The molecular formula is C7H14O3S. The summed E-state index contributed by atoms with van der Waals surface area (Å²) in [6.07, 6.45) is 2.30. The average molecular weight is 178 g/mol. The van der Waals surface area contributed by atoms with E-state index in [9.17, 15) is 8.42 Å². The summed E-state index contributed by atoms with van der Waals surface area (Å²) in [5.41, 5.74) is 0. The van der Waals surface area contributed by atoms with Gasteiger partial charge in [-0.3, -0.25) is 0 Å². The van der Waals surface area contributed by atoms with E-state index in [4.69, 9.17) is 4.74 Å². The van der Waals surface area contributed by atoms with E-state index in [0.717, 1.165) is 6.42 Å². The highest BCUT2D eigenvalue weighted by Gasteiger charge is 2.38. The predicted molar refractivity (Wildman–Crippen MR) is 43.2 cm³/mol. The second kappa shape index (κ2) is 3.11. The van der Waals surface area contributed by atoms with Gasteiger partial charge < -0.3 is 4.74 Å². The lowest BCUT2D eigenvalue weighted by molar-refractivity contribution is 0.182. The van der Waals surface area contributed by atoms with Gasteiger partial charge in [0, 0.05) is 20.0 Å². The number of methoxy groups -OCH3 is 1. The maximum atomic E-state index is 10.8. The van der Waals surface area contributed by atoms with E-state index in [1.54, 1.807) is 7.11 Å². The molecule has 0 aliphatic heterocycles. The number of rotatable bonds is 4. The van der Waals surface area contributed by atoms with Gasteiger partial charge in [0.15, 0.2) is 0 Å². The van der Waals surface area contributed by atoms with Crippen molar-refractivity contribution in [2.75, 3.05) is 25.7 Å². The lowest BCUT2D eigenvalue weighted by Crippen LogP contribution is -2.07. The fourth-order valence-electron chi connectivity index (χ4n) is 1.32. The van der Waals surface area contributed by atoms with Gasteiger partial charge in [-0.05, 0) is 18.3 Å². The minimum atomic E-state index is -2.77. The van der Waals surface area contributed by atoms with E-state index < -0.39 is 9.84 Å². The minimum absolute atomic E-state index is 0.334. The Labute approximate surface area is 67.7 Å². The molecule has 1 aliphatic carbocycles. The van der Waals surface area contributed by atoms with Crippen LogP contribution in [0.25, 0.3) is 0 Å². The van der Waals surface area contributed by atoms with E-state index in [-0.39, 0.29) is 0 Å². The molecule has 1 saturated carbocycles. The first kappa shape index (κ1) is 9.00. The average Bonchev–Trinajstić information content (AvgIpc) is 2.44. The van der Waals surface area contributed by atoms with Crippen LogP contribution in [0.15, 0.2) is 0 Å². The van der Waals surface area contributed by atoms with E-state index in [1.807, 2.05) is 0 Å². The van der Waals surface area contributed by atoms with Crippen LogP contribution >= 0.6 is 0 Å². The Morgan fingerprint density at radius 2 is 2.09 bits per heavy atom. The van der Waals surface area contributed by atoms with Gasteiger partial charge in [0.2, 0.25) is 0 Å². The van der Waals surface area contributed by atoms with Gasteiger partial charge in [-0.15, -0.1) is 0 Å². The molecule has 66 valence electrons. The molecule has 0 radical (unpaired) electrons. The monoisotopic (exact) mass is 178 g/mol. The molecule has 0 heterocycles. The lowest BCUT2D eigenvalue weighted by Gasteiger charge is -1.96. The Balaban J connectivity index is 2.24. The third-order valence-electron chi connectivity index (χ3n) is 1.97. The molecule has 1 fully saturated rings. The lowest BCUT2D eigenvalue weighted by atomic mass is 10.4. The van der Waals surface area contributed by atoms with Gasteiger partial charge in [0.1, 0.15) is 9.84 Å². The van der Waals surface area contributed by atoms with E-state index in [1.165, 1.54) is 6.26 Å². The summed E-state index contributed by atoms with van der Waals surface area (Å²) in [5, 5.41) is 0. The first-order valence-electron chi connectivity index (χ1n) is 3.69.